The smallest absolute Gasteiger partial charge is 0.0594 e. The van der Waals surface area contributed by atoms with Crippen LogP contribution >= 0.6 is 0 Å². The van der Waals surface area contributed by atoms with Crippen molar-refractivity contribution in [3.05, 3.63) is 0 Å². The molecule has 4 N–H and O–H groups in total. The van der Waals surface area contributed by atoms with Gasteiger partial charge in [-0.15, -0.1) is 0 Å². The fraction of sp³-hybridized carbons (Fsp3) is 1.00. The van der Waals surface area contributed by atoms with Crippen LogP contribution in [0.15, 0.2) is 0 Å². The van der Waals surface area contributed by atoms with E-state index in [1.165, 1.54) is 0 Å². The van der Waals surface area contributed by atoms with Crippen LogP contribution < -0.4 is 11.5 Å². The molecular weight excluding hydrogens is 190 g/mol. The minimum Gasteiger partial charge on any atom is -0.379 e. The van der Waals surface area contributed by atoms with Gasteiger partial charge in [0.15, 0.2) is 0 Å². The highest BCUT2D eigenvalue weighted by Crippen LogP contribution is 2.04. The fourth-order valence-electron chi connectivity index (χ4n) is 1.79. The lowest BCUT2D eigenvalue weighted by Gasteiger charge is -2.27. The Balaban J connectivity index is 2.02. The number of nitrogens with zero attached hydrogens (tertiary/aromatic N) is 1. The van der Waals surface area contributed by atoms with Gasteiger partial charge in [-0.3, -0.25) is 4.90 Å². The van der Waals surface area contributed by atoms with Crippen LogP contribution in [0.25, 0.3) is 0 Å². The highest BCUT2D eigenvalue weighted by atomic mass is 16.5. The molecule has 0 saturated carbocycles. The summed E-state index contributed by atoms with van der Waals surface area (Å²) in [7, 11) is 0. The first kappa shape index (κ1) is 12.9. The molecule has 1 fully saturated rings. The van der Waals surface area contributed by atoms with Crippen molar-refractivity contribution in [2.24, 2.45) is 11.5 Å². The molecule has 4 heteroatoms. The van der Waals surface area contributed by atoms with Crippen LogP contribution in [0.1, 0.15) is 26.2 Å². The number of hydrogen-bond acceptors (Lipinski definition) is 4. The molecule has 0 radical (unpaired) electrons. The second-order valence-electron chi connectivity index (χ2n) is 4.56. The summed E-state index contributed by atoms with van der Waals surface area (Å²) in [6.45, 7) is 6.99. The second kappa shape index (κ2) is 7.17. The van der Waals surface area contributed by atoms with Gasteiger partial charge in [-0.25, -0.2) is 0 Å². The van der Waals surface area contributed by atoms with Gasteiger partial charge in [0.25, 0.3) is 0 Å². The third-order valence-corrected chi connectivity index (χ3v) is 2.91. The molecule has 1 saturated heterocycles. The average molecular weight is 215 g/mol. The zero-order valence-corrected chi connectivity index (χ0v) is 9.82. The summed E-state index contributed by atoms with van der Waals surface area (Å²) in [5.41, 5.74) is 11.7. The van der Waals surface area contributed by atoms with E-state index in [9.17, 15) is 0 Å². The minimum atomic E-state index is 0.277. The number of nitrogens with two attached hydrogens (primary N) is 2. The summed E-state index contributed by atoms with van der Waals surface area (Å²) in [6.07, 6.45) is 3.15. The number of ether oxygens (including phenoxy) is 1. The van der Waals surface area contributed by atoms with Crippen LogP contribution in [0.3, 0.4) is 0 Å². The summed E-state index contributed by atoms with van der Waals surface area (Å²) in [6, 6.07) is 0.582. The van der Waals surface area contributed by atoms with E-state index in [1.807, 2.05) is 6.92 Å². The van der Waals surface area contributed by atoms with Gasteiger partial charge >= 0.3 is 0 Å². The van der Waals surface area contributed by atoms with Crippen molar-refractivity contribution in [1.82, 2.24) is 4.90 Å². The maximum Gasteiger partial charge on any atom is 0.0594 e. The Labute approximate surface area is 92.9 Å². The quantitative estimate of drug-likeness (QED) is 0.662. The predicted octanol–water partition coefficient (Wildman–Crippen LogP) is 0.163. The van der Waals surface area contributed by atoms with Gasteiger partial charge in [0.1, 0.15) is 0 Å². The third-order valence-electron chi connectivity index (χ3n) is 2.91. The average Bonchev–Trinajstić information content (AvgIpc) is 2.25. The topological polar surface area (TPSA) is 64.5 Å². The lowest BCUT2D eigenvalue weighted by atomic mass is 10.1. The molecule has 1 aliphatic rings. The minimum absolute atomic E-state index is 0.277. The molecule has 0 aromatic heterocycles. The molecule has 2 atom stereocenters. The molecule has 0 aromatic rings. The molecular formula is C11H25N3O. The Bertz CT molecular complexity index is 158. The number of morpholine rings is 1. The van der Waals surface area contributed by atoms with Gasteiger partial charge in [0, 0.05) is 25.2 Å². The summed E-state index contributed by atoms with van der Waals surface area (Å²) < 4.78 is 5.30. The molecule has 0 aliphatic carbocycles. The first-order valence-electron chi connectivity index (χ1n) is 5.99. The van der Waals surface area contributed by atoms with Crippen molar-refractivity contribution in [3.63, 3.8) is 0 Å². The van der Waals surface area contributed by atoms with Gasteiger partial charge in [0.05, 0.1) is 13.2 Å². The summed E-state index contributed by atoms with van der Waals surface area (Å²) >= 11 is 0. The largest absolute Gasteiger partial charge is 0.379 e. The Morgan fingerprint density at radius 1 is 1.13 bits per heavy atom. The highest BCUT2D eigenvalue weighted by molar-refractivity contribution is 4.69. The highest BCUT2D eigenvalue weighted by Gasteiger charge is 2.11. The van der Waals surface area contributed by atoms with Gasteiger partial charge in [-0.05, 0) is 32.7 Å². The van der Waals surface area contributed by atoms with Crippen LogP contribution in [-0.4, -0.2) is 49.8 Å². The normalized spacial score (nSPS) is 22.6. The van der Waals surface area contributed by atoms with E-state index in [-0.39, 0.29) is 6.04 Å². The number of hydrogen-bond donors (Lipinski definition) is 2. The third kappa shape index (κ3) is 6.10. The van der Waals surface area contributed by atoms with Crippen molar-refractivity contribution in [1.29, 1.82) is 0 Å². The molecule has 1 rings (SSSR count). The lowest BCUT2D eigenvalue weighted by Crippen LogP contribution is -2.39. The van der Waals surface area contributed by atoms with Crippen LogP contribution in [-0.2, 0) is 4.74 Å². The summed E-state index contributed by atoms with van der Waals surface area (Å²) in [4.78, 5) is 2.43. The van der Waals surface area contributed by atoms with Gasteiger partial charge in [-0.2, -0.15) is 0 Å². The second-order valence-corrected chi connectivity index (χ2v) is 4.56. The van der Waals surface area contributed by atoms with E-state index in [0.29, 0.717) is 6.04 Å². The zero-order chi connectivity index (χ0) is 11.1. The van der Waals surface area contributed by atoms with E-state index in [0.717, 1.165) is 52.1 Å². The molecule has 1 aliphatic heterocycles. The Morgan fingerprint density at radius 3 is 2.40 bits per heavy atom. The van der Waals surface area contributed by atoms with Crippen molar-refractivity contribution in [2.45, 2.75) is 38.3 Å². The van der Waals surface area contributed by atoms with Crippen LogP contribution in [0.4, 0.5) is 0 Å². The van der Waals surface area contributed by atoms with Crippen molar-refractivity contribution < 1.29 is 4.74 Å². The van der Waals surface area contributed by atoms with Crippen molar-refractivity contribution in [3.8, 4) is 0 Å². The molecule has 1 heterocycles. The van der Waals surface area contributed by atoms with Crippen LogP contribution in [0, 0.1) is 0 Å². The Morgan fingerprint density at radius 2 is 1.80 bits per heavy atom. The monoisotopic (exact) mass is 215 g/mol. The maximum atomic E-state index is 6.03. The van der Waals surface area contributed by atoms with Crippen LogP contribution in [0.2, 0.25) is 0 Å². The summed E-state index contributed by atoms with van der Waals surface area (Å²) in [5.74, 6) is 0. The first-order chi connectivity index (χ1) is 7.18. The van der Waals surface area contributed by atoms with Gasteiger partial charge in [-0.1, -0.05) is 0 Å². The van der Waals surface area contributed by atoms with E-state index in [2.05, 4.69) is 4.90 Å². The Kier molecular flexibility index (Phi) is 6.17. The summed E-state index contributed by atoms with van der Waals surface area (Å²) in [5, 5.41) is 0. The van der Waals surface area contributed by atoms with E-state index in [1.54, 1.807) is 0 Å². The molecule has 90 valence electrons. The molecule has 2 unspecified atom stereocenters. The van der Waals surface area contributed by atoms with Crippen molar-refractivity contribution >= 4 is 0 Å². The van der Waals surface area contributed by atoms with Crippen molar-refractivity contribution in [2.75, 3.05) is 32.8 Å². The SMILES string of the molecule is CC(N)CCC(N)CCN1CCOCC1. The molecule has 0 aromatic carbocycles. The van der Waals surface area contributed by atoms with E-state index < -0.39 is 0 Å². The maximum absolute atomic E-state index is 6.03. The lowest BCUT2D eigenvalue weighted by molar-refractivity contribution is 0.0365. The van der Waals surface area contributed by atoms with E-state index in [4.69, 9.17) is 16.2 Å². The van der Waals surface area contributed by atoms with Gasteiger partial charge < -0.3 is 16.2 Å². The van der Waals surface area contributed by atoms with E-state index >= 15 is 0 Å². The number of rotatable bonds is 6. The Hall–Kier alpha value is -0.160. The molecule has 0 amide bonds. The molecule has 15 heavy (non-hydrogen) atoms. The molecule has 0 bridgehead atoms. The van der Waals surface area contributed by atoms with Crippen LogP contribution in [0.5, 0.6) is 0 Å². The first-order valence-corrected chi connectivity index (χ1v) is 5.99. The zero-order valence-electron chi connectivity index (χ0n) is 9.82. The fourth-order valence-corrected chi connectivity index (χ4v) is 1.79. The van der Waals surface area contributed by atoms with Gasteiger partial charge in [0.2, 0.25) is 0 Å². The predicted molar refractivity (Wildman–Crippen MR) is 62.7 cm³/mol. The molecule has 0 spiro atoms. The standard InChI is InChI=1S/C11H25N3O/c1-10(12)2-3-11(13)4-5-14-6-8-15-9-7-14/h10-11H,2-9,12-13H2,1H3. The molecule has 4 nitrogen and oxygen atoms in total.